The molecule has 3 aromatic rings. The Bertz CT molecular complexity index is 914. The normalized spacial score (nSPS) is 23.0. The second-order valence-electron chi connectivity index (χ2n) is 6.44. The second kappa shape index (κ2) is 4.89. The molecule has 1 fully saturated rings. The summed E-state index contributed by atoms with van der Waals surface area (Å²) in [5.41, 5.74) is 2.29. The molecule has 0 N–H and O–H groups in total. The van der Waals surface area contributed by atoms with E-state index in [9.17, 15) is 4.79 Å². The molecule has 23 heavy (non-hydrogen) atoms. The van der Waals surface area contributed by atoms with Gasteiger partial charge in [0.15, 0.2) is 5.13 Å². The summed E-state index contributed by atoms with van der Waals surface area (Å²) in [5.74, 6) is 0.938. The Morgan fingerprint density at radius 2 is 2.13 bits per heavy atom. The van der Waals surface area contributed by atoms with Gasteiger partial charge in [-0.05, 0) is 24.5 Å². The molecule has 2 bridgehead atoms. The van der Waals surface area contributed by atoms with Crippen LogP contribution in [0.1, 0.15) is 18.0 Å². The summed E-state index contributed by atoms with van der Waals surface area (Å²) in [6.07, 6.45) is 4.82. The Morgan fingerprint density at radius 3 is 3.04 bits per heavy atom. The van der Waals surface area contributed by atoms with Gasteiger partial charge in [0.1, 0.15) is 5.52 Å². The predicted molar refractivity (Wildman–Crippen MR) is 91.2 cm³/mol. The number of pyridine rings is 2. The van der Waals surface area contributed by atoms with Crippen molar-refractivity contribution in [3.05, 3.63) is 52.7 Å². The SMILES string of the molecule is O=c1cccc2n1CC1CC2CN(c2nc3cnccc3s2)C1. The van der Waals surface area contributed by atoms with Gasteiger partial charge >= 0.3 is 0 Å². The Balaban J connectivity index is 1.53. The van der Waals surface area contributed by atoms with Gasteiger partial charge in [0.2, 0.25) is 0 Å². The first-order valence-corrected chi connectivity index (χ1v) is 8.75. The summed E-state index contributed by atoms with van der Waals surface area (Å²) in [6, 6.07) is 7.68. The maximum atomic E-state index is 12.1. The van der Waals surface area contributed by atoms with Crippen LogP contribution in [0.2, 0.25) is 0 Å². The zero-order chi connectivity index (χ0) is 15.4. The Hall–Kier alpha value is -2.21. The van der Waals surface area contributed by atoms with Crippen LogP contribution in [-0.4, -0.2) is 27.6 Å². The highest BCUT2D eigenvalue weighted by atomic mass is 32.1. The highest BCUT2D eigenvalue weighted by Gasteiger charge is 2.35. The fourth-order valence-electron chi connectivity index (χ4n) is 3.96. The van der Waals surface area contributed by atoms with Crippen LogP contribution in [0.3, 0.4) is 0 Å². The molecule has 0 aliphatic carbocycles. The number of hydrogen-bond donors (Lipinski definition) is 0. The minimum absolute atomic E-state index is 0.136. The average molecular weight is 324 g/mol. The van der Waals surface area contributed by atoms with Crippen LogP contribution in [0.15, 0.2) is 41.5 Å². The van der Waals surface area contributed by atoms with Gasteiger partial charge in [-0.1, -0.05) is 17.4 Å². The van der Waals surface area contributed by atoms with Crippen LogP contribution < -0.4 is 10.5 Å². The van der Waals surface area contributed by atoms with Crippen molar-refractivity contribution < 1.29 is 0 Å². The van der Waals surface area contributed by atoms with E-state index < -0.39 is 0 Å². The molecule has 3 aromatic heterocycles. The molecule has 1 saturated heterocycles. The summed E-state index contributed by atoms with van der Waals surface area (Å²) < 4.78 is 3.15. The molecule has 5 rings (SSSR count). The van der Waals surface area contributed by atoms with Gasteiger partial charge in [-0.3, -0.25) is 9.78 Å². The number of piperidine rings is 1. The van der Waals surface area contributed by atoms with Crippen LogP contribution in [0.5, 0.6) is 0 Å². The molecule has 0 amide bonds. The van der Waals surface area contributed by atoms with Crippen molar-refractivity contribution in [2.45, 2.75) is 18.9 Å². The van der Waals surface area contributed by atoms with Crippen LogP contribution in [0.25, 0.3) is 10.2 Å². The number of hydrogen-bond acceptors (Lipinski definition) is 5. The van der Waals surface area contributed by atoms with Gasteiger partial charge in [0.25, 0.3) is 5.56 Å². The molecule has 5 heterocycles. The highest BCUT2D eigenvalue weighted by Crippen LogP contribution is 2.38. The van der Waals surface area contributed by atoms with E-state index in [1.54, 1.807) is 17.4 Å². The average Bonchev–Trinajstić information content (AvgIpc) is 3.00. The number of nitrogens with zero attached hydrogens (tertiary/aromatic N) is 4. The summed E-state index contributed by atoms with van der Waals surface area (Å²) in [6.45, 7) is 2.74. The maximum absolute atomic E-state index is 12.1. The monoisotopic (exact) mass is 324 g/mol. The molecule has 6 heteroatoms. The van der Waals surface area contributed by atoms with E-state index >= 15 is 0 Å². The third-order valence-corrected chi connectivity index (χ3v) is 6.03. The fourth-order valence-corrected chi connectivity index (χ4v) is 4.91. The zero-order valence-electron chi connectivity index (χ0n) is 12.6. The van der Waals surface area contributed by atoms with E-state index in [0.717, 1.165) is 30.3 Å². The largest absolute Gasteiger partial charge is 0.347 e. The van der Waals surface area contributed by atoms with E-state index in [2.05, 4.69) is 16.0 Å². The summed E-state index contributed by atoms with van der Waals surface area (Å²) in [4.78, 5) is 23.4. The van der Waals surface area contributed by atoms with Gasteiger partial charge in [0, 0.05) is 43.5 Å². The second-order valence-corrected chi connectivity index (χ2v) is 7.45. The zero-order valence-corrected chi connectivity index (χ0v) is 13.4. The number of rotatable bonds is 1. The van der Waals surface area contributed by atoms with Crippen molar-refractivity contribution in [3.8, 4) is 0 Å². The van der Waals surface area contributed by atoms with E-state index in [1.807, 2.05) is 29.1 Å². The lowest BCUT2D eigenvalue weighted by Crippen LogP contribution is -2.47. The molecule has 116 valence electrons. The predicted octanol–water partition coefficient (Wildman–Crippen LogP) is 2.48. The summed E-state index contributed by atoms with van der Waals surface area (Å²) in [7, 11) is 0. The lowest BCUT2D eigenvalue weighted by Gasteiger charge is -2.42. The first kappa shape index (κ1) is 13.2. The van der Waals surface area contributed by atoms with Crippen molar-refractivity contribution >= 4 is 26.7 Å². The standard InChI is InChI=1S/C17H16N4OS/c22-16-3-1-2-14-12-6-11(9-21(14)16)8-20(10-12)17-19-13-7-18-5-4-15(13)23-17/h1-5,7,11-12H,6,8-10H2. The summed E-state index contributed by atoms with van der Waals surface area (Å²) in [5, 5.41) is 1.08. The Morgan fingerprint density at radius 1 is 1.17 bits per heavy atom. The van der Waals surface area contributed by atoms with E-state index in [4.69, 9.17) is 4.98 Å². The highest BCUT2D eigenvalue weighted by molar-refractivity contribution is 7.22. The lowest BCUT2D eigenvalue weighted by atomic mass is 9.83. The number of fused-ring (bicyclic) bond motifs is 5. The third kappa shape index (κ3) is 2.09. The van der Waals surface area contributed by atoms with Crippen molar-refractivity contribution in [3.63, 3.8) is 0 Å². The molecule has 2 aliphatic rings. The minimum atomic E-state index is 0.136. The van der Waals surface area contributed by atoms with Crippen LogP contribution in [-0.2, 0) is 6.54 Å². The smallest absolute Gasteiger partial charge is 0.250 e. The van der Waals surface area contributed by atoms with Gasteiger partial charge < -0.3 is 9.47 Å². The number of anilines is 1. The van der Waals surface area contributed by atoms with Gasteiger partial charge in [-0.25, -0.2) is 4.98 Å². The number of thiazole rings is 1. The topological polar surface area (TPSA) is 51.0 Å². The molecule has 5 nitrogen and oxygen atoms in total. The minimum Gasteiger partial charge on any atom is -0.347 e. The molecule has 0 saturated carbocycles. The van der Waals surface area contributed by atoms with Crippen molar-refractivity contribution in [1.82, 2.24) is 14.5 Å². The molecule has 0 aromatic carbocycles. The first-order valence-electron chi connectivity index (χ1n) is 7.93. The van der Waals surface area contributed by atoms with E-state index in [0.29, 0.717) is 11.8 Å². The Kier molecular flexibility index (Phi) is 2.82. The quantitative estimate of drug-likeness (QED) is 0.690. The summed E-state index contributed by atoms with van der Waals surface area (Å²) >= 11 is 1.73. The number of aromatic nitrogens is 3. The van der Waals surface area contributed by atoms with Crippen molar-refractivity contribution in [2.24, 2.45) is 5.92 Å². The van der Waals surface area contributed by atoms with Crippen LogP contribution >= 0.6 is 11.3 Å². The molecule has 0 radical (unpaired) electrons. The van der Waals surface area contributed by atoms with Gasteiger partial charge in [0.05, 0.1) is 10.9 Å². The van der Waals surface area contributed by atoms with E-state index in [1.165, 1.54) is 16.8 Å². The Labute approximate surface area is 137 Å². The maximum Gasteiger partial charge on any atom is 0.250 e. The molecular weight excluding hydrogens is 308 g/mol. The van der Waals surface area contributed by atoms with Crippen LogP contribution in [0, 0.1) is 5.92 Å². The van der Waals surface area contributed by atoms with Gasteiger partial charge in [-0.15, -0.1) is 0 Å². The van der Waals surface area contributed by atoms with E-state index in [-0.39, 0.29) is 5.56 Å². The van der Waals surface area contributed by atoms with Gasteiger partial charge in [-0.2, -0.15) is 0 Å². The first-order chi connectivity index (χ1) is 11.3. The van der Waals surface area contributed by atoms with Crippen LogP contribution in [0.4, 0.5) is 5.13 Å². The molecule has 2 aliphatic heterocycles. The molecule has 0 spiro atoms. The third-order valence-electron chi connectivity index (χ3n) is 4.93. The fraction of sp³-hybridized carbons (Fsp3) is 0.353. The van der Waals surface area contributed by atoms with Crippen molar-refractivity contribution in [1.29, 1.82) is 0 Å². The lowest BCUT2D eigenvalue weighted by molar-refractivity contribution is 0.281. The molecular formula is C17H16N4OS. The molecule has 2 atom stereocenters. The van der Waals surface area contributed by atoms with Crippen molar-refractivity contribution in [2.75, 3.05) is 18.0 Å². The molecule has 2 unspecified atom stereocenters.